The van der Waals surface area contributed by atoms with E-state index in [-0.39, 0.29) is 24.3 Å². The second kappa shape index (κ2) is 9.91. The first-order valence-corrected chi connectivity index (χ1v) is 11.6. The number of amides is 1. The molecule has 1 amide bonds. The average molecular weight is 467 g/mol. The van der Waals surface area contributed by atoms with Gasteiger partial charge < -0.3 is 19.9 Å². The summed E-state index contributed by atoms with van der Waals surface area (Å²) in [5.41, 5.74) is 2.84. The molecule has 0 aliphatic carbocycles. The van der Waals surface area contributed by atoms with Crippen molar-refractivity contribution in [3.63, 3.8) is 0 Å². The van der Waals surface area contributed by atoms with E-state index in [2.05, 4.69) is 15.4 Å². The van der Waals surface area contributed by atoms with Crippen LogP contribution >= 0.6 is 11.3 Å². The molecule has 1 aromatic heterocycles. The van der Waals surface area contributed by atoms with Gasteiger partial charge in [-0.3, -0.25) is 9.79 Å². The third-order valence-electron chi connectivity index (χ3n) is 4.75. The molecule has 0 saturated carbocycles. The number of fused-ring (bicyclic) bond motifs is 1. The zero-order valence-corrected chi connectivity index (χ0v) is 19.6. The Morgan fingerprint density at radius 1 is 1.30 bits per heavy atom. The number of nitrogens with one attached hydrogen (secondary N) is 1. The van der Waals surface area contributed by atoms with E-state index in [9.17, 15) is 9.90 Å². The van der Waals surface area contributed by atoms with Crippen LogP contribution in [0.4, 0.5) is 5.69 Å². The number of thiazole rings is 1. The molecule has 33 heavy (non-hydrogen) atoms. The van der Waals surface area contributed by atoms with Crippen LogP contribution in [0.2, 0.25) is 0 Å². The van der Waals surface area contributed by atoms with Crippen LogP contribution in [-0.4, -0.2) is 41.2 Å². The van der Waals surface area contributed by atoms with E-state index < -0.39 is 0 Å². The van der Waals surface area contributed by atoms with E-state index in [0.29, 0.717) is 29.4 Å². The molecule has 8 nitrogen and oxygen atoms in total. The third-order valence-corrected chi connectivity index (χ3v) is 5.58. The second-order valence-electron chi connectivity index (χ2n) is 7.80. The molecule has 9 heteroatoms. The first kappa shape index (κ1) is 22.6. The second-order valence-corrected chi connectivity index (χ2v) is 8.64. The Hall–Kier alpha value is -3.59. The Morgan fingerprint density at radius 2 is 2.15 bits per heavy atom. The summed E-state index contributed by atoms with van der Waals surface area (Å²) in [5, 5.41) is 19.9. The standard InChI is InChI=1S/C24H26N4O4S/c1-4-9-31-18-7-5-17(21(29)11-18)12-25-28-20(14-33-24(28)26-15(2)3)16-6-8-22-19(10-16)27-23(30)13-32-22/h5-8,10-12,14-15,29H,4,9,13H2,1-3H3,(H,27,30). The van der Waals surface area contributed by atoms with Crippen molar-refractivity contribution in [2.75, 3.05) is 18.5 Å². The van der Waals surface area contributed by atoms with Crippen molar-refractivity contribution >= 4 is 29.1 Å². The summed E-state index contributed by atoms with van der Waals surface area (Å²) in [4.78, 5) is 17.1. The molecule has 3 aromatic rings. The number of phenols is 1. The SMILES string of the molecule is CCCOc1ccc(C=Nn2c(-c3ccc4c(c3)NC(=O)CO4)csc2=NC(C)C)c(O)c1. The predicted octanol–water partition coefficient (Wildman–Crippen LogP) is 4.23. The van der Waals surface area contributed by atoms with E-state index in [4.69, 9.17) is 9.47 Å². The first-order valence-electron chi connectivity index (χ1n) is 10.8. The fraction of sp³-hybridized carbons (Fsp3) is 0.292. The predicted molar refractivity (Wildman–Crippen MR) is 129 cm³/mol. The van der Waals surface area contributed by atoms with E-state index in [1.807, 2.05) is 50.4 Å². The number of anilines is 1. The highest BCUT2D eigenvalue weighted by Crippen LogP contribution is 2.33. The van der Waals surface area contributed by atoms with Crippen molar-refractivity contribution in [3.8, 4) is 28.5 Å². The minimum absolute atomic E-state index is 0.0122. The van der Waals surface area contributed by atoms with Crippen LogP contribution in [0, 0.1) is 0 Å². The highest BCUT2D eigenvalue weighted by atomic mass is 32.1. The fourth-order valence-corrected chi connectivity index (χ4v) is 4.19. The van der Waals surface area contributed by atoms with Crippen molar-refractivity contribution in [3.05, 3.63) is 52.1 Å². The van der Waals surface area contributed by atoms with Gasteiger partial charge >= 0.3 is 0 Å². The molecule has 0 atom stereocenters. The number of nitrogens with zero attached hydrogens (tertiary/aromatic N) is 3. The number of carbonyl (C=O) groups is 1. The zero-order valence-electron chi connectivity index (χ0n) is 18.7. The Balaban J connectivity index is 1.72. The topological polar surface area (TPSA) is 97.4 Å². The highest BCUT2D eigenvalue weighted by Gasteiger charge is 2.18. The Morgan fingerprint density at radius 3 is 2.91 bits per heavy atom. The number of phenolic OH excluding ortho intramolecular Hbond substituents is 1. The summed E-state index contributed by atoms with van der Waals surface area (Å²) in [6.45, 7) is 6.63. The van der Waals surface area contributed by atoms with Gasteiger partial charge in [-0.05, 0) is 50.6 Å². The quantitative estimate of drug-likeness (QED) is 0.509. The minimum atomic E-state index is -0.187. The van der Waals surface area contributed by atoms with Gasteiger partial charge in [-0.25, -0.2) is 4.68 Å². The van der Waals surface area contributed by atoms with Crippen LogP contribution in [0.3, 0.4) is 0 Å². The number of aromatic nitrogens is 1. The smallest absolute Gasteiger partial charge is 0.262 e. The largest absolute Gasteiger partial charge is 0.507 e. The lowest BCUT2D eigenvalue weighted by Gasteiger charge is -2.18. The molecule has 0 spiro atoms. The summed E-state index contributed by atoms with van der Waals surface area (Å²) in [6.07, 6.45) is 2.49. The van der Waals surface area contributed by atoms with Crippen molar-refractivity contribution in [2.24, 2.45) is 10.1 Å². The molecular formula is C24H26N4O4S. The number of ether oxygens (including phenoxy) is 2. The minimum Gasteiger partial charge on any atom is -0.507 e. The monoisotopic (exact) mass is 466 g/mol. The van der Waals surface area contributed by atoms with Crippen LogP contribution in [0.15, 0.2) is 51.9 Å². The first-order chi connectivity index (χ1) is 15.9. The Kier molecular flexibility index (Phi) is 6.79. The highest BCUT2D eigenvalue weighted by molar-refractivity contribution is 7.07. The van der Waals surface area contributed by atoms with Crippen molar-refractivity contribution in [1.29, 1.82) is 0 Å². The summed E-state index contributed by atoms with van der Waals surface area (Å²) < 4.78 is 12.8. The molecule has 0 saturated heterocycles. The van der Waals surface area contributed by atoms with Crippen LogP contribution in [0.5, 0.6) is 17.2 Å². The van der Waals surface area contributed by atoms with E-state index in [1.165, 1.54) is 11.3 Å². The molecule has 0 fully saturated rings. The summed E-state index contributed by atoms with van der Waals surface area (Å²) in [7, 11) is 0. The van der Waals surface area contributed by atoms with E-state index >= 15 is 0 Å². The van der Waals surface area contributed by atoms with Crippen molar-refractivity contribution < 1.29 is 19.4 Å². The molecule has 1 aliphatic rings. The molecule has 172 valence electrons. The average Bonchev–Trinajstić information content (AvgIpc) is 3.18. The number of hydrogen-bond donors (Lipinski definition) is 2. The maximum absolute atomic E-state index is 11.7. The lowest BCUT2D eigenvalue weighted by Crippen LogP contribution is -2.25. The molecule has 1 aliphatic heterocycles. The van der Waals surface area contributed by atoms with Gasteiger partial charge in [0.15, 0.2) is 6.61 Å². The maximum atomic E-state index is 11.7. The van der Waals surface area contributed by atoms with Gasteiger partial charge in [0.1, 0.15) is 17.2 Å². The van der Waals surface area contributed by atoms with Crippen molar-refractivity contribution in [2.45, 2.75) is 33.2 Å². The number of benzene rings is 2. The molecule has 4 rings (SSSR count). The molecule has 0 radical (unpaired) electrons. The molecule has 2 aromatic carbocycles. The van der Waals surface area contributed by atoms with Crippen LogP contribution in [0.25, 0.3) is 11.3 Å². The molecule has 0 unspecified atom stereocenters. The molecule has 2 N–H and O–H groups in total. The van der Waals surface area contributed by atoms with Crippen LogP contribution in [-0.2, 0) is 4.79 Å². The summed E-state index contributed by atoms with van der Waals surface area (Å²) >= 11 is 1.47. The Bertz CT molecular complexity index is 1260. The number of hydrogen-bond acceptors (Lipinski definition) is 7. The van der Waals surface area contributed by atoms with E-state index in [0.717, 1.165) is 22.5 Å². The van der Waals surface area contributed by atoms with Gasteiger partial charge in [0, 0.05) is 28.6 Å². The van der Waals surface area contributed by atoms with Crippen LogP contribution < -0.4 is 19.6 Å². The lowest BCUT2D eigenvalue weighted by atomic mass is 10.1. The molecule has 0 bridgehead atoms. The number of rotatable bonds is 7. The number of carbonyl (C=O) groups excluding carboxylic acids is 1. The third kappa shape index (κ3) is 5.25. The van der Waals surface area contributed by atoms with Gasteiger partial charge in [-0.2, -0.15) is 5.10 Å². The molecule has 2 heterocycles. The summed E-state index contributed by atoms with van der Waals surface area (Å²) in [6, 6.07) is 10.8. The van der Waals surface area contributed by atoms with Gasteiger partial charge in [0.05, 0.1) is 24.2 Å². The Labute approximate surface area is 195 Å². The summed E-state index contributed by atoms with van der Waals surface area (Å²) in [5.74, 6) is 1.14. The van der Waals surface area contributed by atoms with Gasteiger partial charge in [0.2, 0.25) is 4.80 Å². The fourth-order valence-electron chi connectivity index (χ4n) is 3.22. The number of aromatic hydroxyl groups is 1. The zero-order chi connectivity index (χ0) is 23.4. The van der Waals surface area contributed by atoms with Gasteiger partial charge in [0.25, 0.3) is 5.91 Å². The lowest BCUT2D eigenvalue weighted by molar-refractivity contribution is -0.118. The maximum Gasteiger partial charge on any atom is 0.262 e. The van der Waals surface area contributed by atoms with Gasteiger partial charge in [-0.1, -0.05) is 6.92 Å². The van der Waals surface area contributed by atoms with E-state index in [1.54, 1.807) is 23.0 Å². The normalized spacial score (nSPS) is 13.8. The van der Waals surface area contributed by atoms with Crippen LogP contribution in [0.1, 0.15) is 32.8 Å². The van der Waals surface area contributed by atoms with Gasteiger partial charge in [-0.15, -0.1) is 11.3 Å². The van der Waals surface area contributed by atoms with Crippen molar-refractivity contribution in [1.82, 2.24) is 4.68 Å². The molecular weight excluding hydrogens is 440 g/mol.